The van der Waals surface area contributed by atoms with Gasteiger partial charge in [-0.05, 0) is 35.9 Å². The van der Waals surface area contributed by atoms with Crippen LogP contribution in [0.5, 0.6) is 5.75 Å². The van der Waals surface area contributed by atoms with Crippen LogP contribution in [0.25, 0.3) is 6.08 Å². The van der Waals surface area contributed by atoms with Crippen LogP contribution in [0.2, 0.25) is 0 Å². The summed E-state index contributed by atoms with van der Waals surface area (Å²) in [5.41, 5.74) is 2.06. The Morgan fingerprint density at radius 1 is 0.833 bits per heavy atom. The van der Waals surface area contributed by atoms with E-state index in [0.717, 1.165) is 5.56 Å². The molecule has 2 N–H and O–H groups in total. The van der Waals surface area contributed by atoms with Gasteiger partial charge in [0.15, 0.2) is 0 Å². The molecule has 2 amide bonds. The highest BCUT2D eigenvalue weighted by molar-refractivity contribution is 6.09. The predicted molar refractivity (Wildman–Crippen MR) is 119 cm³/mol. The van der Waals surface area contributed by atoms with Crippen molar-refractivity contribution in [3.8, 4) is 5.75 Å². The Kier molecular flexibility index (Phi) is 7.17. The van der Waals surface area contributed by atoms with Gasteiger partial charge in [0, 0.05) is 5.69 Å². The van der Waals surface area contributed by atoms with Crippen LogP contribution in [0.1, 0.15) is 15.9 Å². The summed E-state index contributed by atoms with van der Waals surface area (Å²) in [6, 6.07) is 25.6. The fraction of sp³-hybridized carbons (Fsp3) is 0.0400. The van der Waals surface area contributed by atoms with Crippen LogP contribution in [0.4, 0.5) is 5.69 Å². The molecule has 0 aliphatic heterocycles. The summed E-state index contributed by atoms with van der Waals surface area (Å²) >= 11 is 0. The van der Waals surface area contributed by atoms with Crippen LogP contribution >= 0.6 is 0 Å². The molecule has 0 unspecified atom stereocenters. The minimum atomic E-state index is -0.435. The molecule has 150 valence electrons. The zero-order valence-corrected chi connectivity index (χ0v) is 16.5. The maximum Gasteiger partial charge on any atom is 0.272 e. The number of anilines is 1. The number of amides is 2. The van der Waals surface area contributed by atoms with Gasteiger partial charge in [-0.1, -0.05) is 72.8 Å². The molecule has 0 fully saturated rings. The van der Waals surface area contributed by atoms with E-state index in [1.807, 2.05) is 54.6 Å². The second-order valence-electron chi connectivity index (χ2n) is 6.32. The summed E-state index contributed by atoms with van der Waals surface area (Å²) in [5, 5.41) is 5.48. The number of hydrogen-bond donors (Lipinski definition) is 2. The summed E-state index contributed by atoms with van der Waals surface area (Å²) < 4.78 is 5.25. The van der Waals surface area contributed by atoms with Crippen LogP contribution < -0.4 is 15.4 Å². The Bertz CT molecular complexity index is 1060. The van der Waals surface area contributed by atoms with Crippen LogP contribution in [0.3, 0.4) is 0 Å². The summed E-state index contributed by atoms with van der Waals surface area (Å²) in [4.78, 5) is 25.6. The van der Waals surface area contributed by atoms with Crippen LogP contribution in [0, 0.1) is 0 Å². The molecule has 3 rings (SSSR count). The van der Waals surface area contributed by atoms with E-state index in [2.05, 4.69) is 10.6 Å². The lowest BCUT2D eigenvalue weighted by molar-refractivity contribution is -0.113. The highest BCUT2D eigenvalue weighted by Gasteiger charge is 2.17. The quantitative estimate of drug-likeness (QED) is 0.449. The summed E-state index contributed by atoms with van der Waals surface area (Å²) in [7, 11) is 1.49. The maximum atomic E-state index is 12.8. The third-order valence-corrected chi connectivity index (χ3v) is 4.23. The SMILES string of the molecule is COc1ccccc1C(=O)N/C(=C/C=C/c1ccccc1)C(=O)Nc1ccccc1. The van der Waals surface area contributed by atoms with E-state index < -0.39 is 11.8 Å². The second kappa shape index (κ2) is 10.4. The highest BCUT2D eigenvalue weighted by Crippen LogP contribution is 2.17. The first-order valence-electron chi connectivity index (χ1n) is 9.41. The number of methoxy groups -OCH3 is 1. The average molecular weight is 398 g/mol. The first-order chi connectivity index (χ1) is 14.7. The molecule has 0 bridgehead atoms. The molecule has 0 aliphatic carbocycles. The number of para-hydroxylation sites is 2. The molecule has 3 aromatic rings. The summed E-state index contributed by atoms with van der Waals surface area (Å²) in [6.45, 7) is 0. The molecule has 5 heteroatoms. The number of ether oxygens (including phenoxy) is 1. The molecule has 0 atom stereocenters. The molecule has 0 spiro atoms. The van der Waals surface area contributed by atoms with Gasteiger partial charge in [-0.3, -0.25) is 9.59 Å². The number of benzene rings is 3. The molecule has 0 radical (unpaired) electrons. The number of allylic oxidation sites excluding steroid dienone is 2. The zero-order chi connectivity index (χ0) is 21.2. The Morgan fingerprint density at radius 2 is 1.47 bits per heavy atom. The van der Waals surface area contributed by atoms with Gasteiger partial charge in [-0.25, -0.2) is 0 Å². The number of carbonyl (C=O) groups excluding carboxylic acids is 2. The molecule has 0 aliphatic rings. The zero-order valence-electron chi connectivity index (χ0n) is 16.5. The van der Waals surface area contributed by atoms with E-state index in [-0.39, 0.29) is 5.70 Å². The van der Waals surface area contributed by atoms with Gasteiger partial charge in [0.1, 0.15) is 11.4 Å². The van der Waals surface area contributed by atoms with Crippen molar-refractivity contribution in [2.75, 3.05) is 12.4 Å². The van der Waals surface area contributed by atoms with Gasteiger partial charge in [-0.2, -0.15) is 0 Å². The Labute approximate surface area is 175 Å². The normalized spacial score (nSPS) is 11.2. The lowest BCUT2D eigenvalue weighted by Gasteiger charge is -2.12. The minimum Gasteiger partial charge on any atom is -0.496 e. The molecule has 5 nitrogen and oxygen atoms in total. The standard InChI is InChI=1S/C25H22N2O3/c1-30-23-18-9-8-16-21(23)24(28)27-22(17-10-13-19-11-4-2-5-12-19)25(29)26-20-14-6-3-7-15-20/h2-18H,1H3,(H,26,29)(H,27,28)/b13-10+,22-17+. The Hall–Kier alpha value is -4.12. The first-order valence-corrected chi connectivity index (χ1v) is 9.41. The third-order valence-electron chi connectivity index (χ3n) is 4.23. The molecule has 0 aromatic heterocycles. The number of rotatable bonds is 7. The largest absolute Gasteiger partial charge is 0.496 e. The second-order valence-corrected chi connectivity index (χ2v) is 6.32. The van der Waals surface area contributed by atoms with E-state index in [1.165, 1.54) is 7.11 Å². The number of hydrogen-bond acceptors (Lipinski definition) is 3. The monoisotopic (exact) mass is 398 g/mol. The van der Waals surface area contributed by atoms with Gasteiger partial charge < -0.3 is 15.4 Å². The molecular weight excluding hydrogens is 376 g/mol. The van der Waals surface area contributed by atoms with Crippen LogP contribution in [0.15, 0.2) is 103 Å². The van der Waals surface area contributed by atoms with Crippen LogP contribution in [-0.2, 0) is 4.79 Å². The van der Waals surface area contributed by atoms with Gasteiger partial charge in [0.2, 0.25) is 0 Å². The van der Waals surface area contributed by atoms with Crippen molar-refractivity contribution in [2.24, 2.45) is 0 Å². The molecule has 3 aromatic carbocycles. The highest BCUT2D eigenvalue weighted by atomic mass is 16.5. The van der Waals surface area contributed by atoms with Gasteiger partial charge in [0.05, 0.1) is 12.7 Å². The molecule has 0 saturated carbocycles. The van der Waals surface area contributed by atoms with Gasteiger partial charge in [0.25, 0.3) is 11.8 Å². The maximum absolute atomic E-state index is 12.8. The van der Waals surface area contributed by atoms with E-state index in [9.17, 15) is 9.59 Å². The summed E-state index contributed by atoms with van der Waals surface area (Å²) in [5.74, 6) is -0.435. The van der Waals surface area contributed by atoms with E-state index in [1.54, 1.807) is 48.6 Å². The Balaban J connectivity index is 1.84. The van der Waals surface area contributed by atoms with Crippen molar-refractivity contribution >= 4 is 23.6 Å². The van der Waals surface area contributed by atoms with E-state index >= 15 is 0 Å². The van der Waals surface area contributed by atoms with E-state index in [0.29, 0.717) is 17.0 Å². The fourth-order valence-electron chi connectivity index (χ4n) is 2.74. The van der Waals surface area contributed by atoms with Crippen molar-refractivity contribution in [1.82, 2.24) is 5.32 Å². The molecule has 0 heterocycles. The van der Waals surface area contributed by atoms with Crippen molar-refractivity contribution in [2.45, 2.75) is 0 Å². The van der Waals surface area contributed by atoms with Crippen molar-refractivity contribution < 1.29 is 14.3 Å². The lowest BCUT2D eigenvalue weighted by Crippen LogP contribution is -2.31. The average Bonchev–Trinajstić information content (AvgIpc) is 2.79. The van der Waals surface area contributed by atoms with Crippen LogP contribution in [-0.4, -0.2) is 18.9 Å². The third kappa shape index (κ3) is 5.69. The smallest absolute Gasteiger partial charge is 0.272 e. The molecule has 30 heavy (non-hydrogen) atoms. The molecule has 0 saturated heterocycles. The van der Waals surface area contributed by atoms with Crippen molar-refractivity contribution in [3.63, 3.8) is 0 Å². The van der Waals surface area contributed by atoms with E-state index in [4.69, 9.17) is 4.74 Å². The topological polar surface area (TPSA) is 67.4 Å². The summed E-state index contributed by atoms with van der Waals surface area (Å²) in [6.07, 6.45) is 5.14. The number of carbonyl (C=O) groups is 2. The predicted octanol–water partition coefficient (Wildman–Crippen LogP) is 4.66. The first kappa shape index (κ1) is 20.6. The van der Waals surface area contributed by atoms with Gasteiger partial charge in [-0.15, -0.1) is 0 Å². The fourth-order valence-corrected chi connectivity index (χ4v) is 2.74. The minimum absolute atomic E-state index is 0.113. The van der Waals surface area contributed by atoms with Gasteiger partial charge >= 0.3 is 0 Å². The Morgan fingerprint density at radius 3 is 2.17 bits per heavy atom. The molecular formula is C25H22N2O3. The number of nitrogens with one attached hydrogen (secondary N) is 2. The van der Waals surface area contributed by atoms with Crippen molar-refractivity contribution in [3.05, 3.63) is 114 Å². The lowest BCUT2D eigenvalue weighted by atomic mass is 10.1. The van der Waals surface area contributed by atoms with Crippen molar-refractivity contribution in [1.29, 1.82) is 0 Å².